The Hall–Kier alpha value is -1.39. The minimum atomic E-state index is -0.525. The van der Waals surface area contributed by atoms with E-state index in [-0.39, 0.29) is 0 Å². The summed E-state index contributed by atoms with van der Waals surface area (Å²) in [6.45, 7) is 0.562. The van der Waals surface area contributed by atoms with E-state index in [0.29, 0.717) is 13.0 Å². The van der Waals surface area contributed by atoms with Gasteiger partial charge in [-0.3, -0.25) is 4.79 Å². The molecule has 0 unspecified atom stereocenters. The lowest BCUT2D eigenvalue weighted by molar-refractivity contribution is -0.119. The van der Waals surface area contributed by atoms with Crippen molar-refractivity contribution < 1.29 is 4.79 Å². The molecule has 0 saturated carbocycles. The molecule has 0 radical (unpaired) electrons. The molecule has 0 aliphatic rings. The highest BCUT2D eigenvalue weighted by molar-refractivity contribution is 5.79. The number of benzene rings is 1. The van der Waals surface area contributed by atoms with Gasteiger partial charge in [-0.2, -0.15) is 0 Å². The summed E-state index contributed by atoms with van der Waals surface area (Å²) in [7, 11) is 0. The summed E-state index contributed by atoms with van der Waals surface area (Å²) in [6, 6.07) is 7.62. The Kier molecular flexibility index (Phi) is 4.95. The van der Waals surface area contributed by atoms with Gasteiger partial charge in [0.15, 0.2) is 0 Å². The minimum Gasteiger partial charge on any atom is -0.368 e. The van der Waals surface area contributed by atoms with Crippen LogP contribution in [0, 0.1) is 0 Å². The van der Waals surface area contributed by atoms with Crippen molar-refractivity contribution in [3.05, 3.63) is 35.4 Å². The molecular weight excluding hydrogens is 202 g/mol. The SMILES string of the molecule is NCc1ccc(CCC[C@H](N)C(N)=O)cc1. The van der Waals surface area contributed by atoms with Crippen LogP contribution in [0.4, 0.5) is 0 Å². The molecule has 1 atom stereocenters. The second-order valence-electron chi connectivity index (χ2n) is 3.92. The predicted octanol–water partition coefficient (Wildman–Crippen LogP) is 0.281. The van der Waals surface area contributed by atoms with Crippen molar-refractivity contribution in [2.24, 2.45) is 17.2 Å². The maximum absolute atomic E-state index is 10.7. The van der Waals surface area contributed by atoms with Crippen molar-refractivity contribution >= 4 is 5.91 Å². The molecule has 4 nitrogen and oxygen atoms in total. The minimum absolute atomic E-state index is 0.432. The van der Waals surface area contributed by atoms with Gasteiger partial charge in [-0.15, -0.1) is 0 Å². The molecule has 88 valence electrons. The van der Waals surface area contributed by atoms with Crippen molar-refractivity contribution in [3.63, 3.8) is 0 Å². The van der Waals surface area contributed by atoms with Crippen LogP contribution in [0.5, 0.6) is 0 Å². The van der Waals surface area contributed by atoms with Crippen LogP contribution >= 0.6 is 0 Å². The molecule has 0 saturated heterocycles. The van der Waals surface area contributed by atoms with Gasteiger partial charge in [-0.05, 0) is 30.4 Å². The molecule has 0 heterocycles. The Balaban J connectivity index is 2.34. The summed E-state index contributed by atoms with van der Waals surface area (Å²) in [4.78, 5) is 10.7. The first-order valence-electron chi connectivity index (χ1n) is 5.46. The van der Waals surface area contributed by atoms with E-state index in [1.54, 1.807) is 0 Å². The van der Waals surface area contributed by atoms with Gasteiger partial charge < -0.3 is 17.2 Å². The predicted molar refractivity (Wildman–Crippen MR) is 64.4 cm³/mol. The molecule has 0 bridgehead atoms. The summed E-state index contributed by atoms with van der Waals surface area (Å²) in [5, 5.41) is 0. The van der Waals surface area contributed by atoms with Gasteiger partial charge >= 0.3 is 0 Å². The van der Waals surface area contributed by atoms with E-state index in [9.17, 15) is 4.79 Å². The Morgan fingerprint density at radius 2 is 1.75 bits per heavy atom. The first kappa shape index (κ1) is 12.7. The molecule has 0 aromatic heterocycles. The van der Waals surface area contributed by atoms with E-state index < -0.39 is 11.9 Å². The van der Waals surface area contributed by atoms with Gasteiger partial charge in [-0.1, -0.05) is 24.3 Å². The van der Waals surface area contributed by atoms with Crippen LogP contribution in [0.3, 0.4) is 0 Å². The van der Waals surface area contributed by atoms with Crippen LogP contribution < -0.4 is 17.2 Å². The quantitative estimate of drug-likeness (QED) is 0.644. The highest BCUT2D eigenvalue weighted by atomic mass is 16.1. The van der Waals surface area contributed by atoms with E-state index >= 15 is 0 Å². The maximum atomic E-state index is 10.7. The van der Waals surface area contributed by atoms with Crippen molar-refractivity contribution in [2.75, 3.05) is 0 Å². The number of hydrogen-bond donors (Lipinski definition) is 3. The average Bonchev–Trinajstić information content (AvgIpc) is 2.29. The molecule has 1 rings (SSSR count). The Labute approximate surface area is 95.8 Å². The molecule has 16 heavy (non-hydrogen) atoms. The highest BCUT2D eigenvalue weighted by Gasteiger charge is 2.07. The van der Waals surface area contributed by atoms with Crippen LogP contribution in [0.2, 0.25) is 0 Å². The maximum Gasteiger partial charge on any atom is 0.234 e. The van der Waals surface area contributed by atoms with Crippen LogP contribution in [-0.4, -0.2) is 11.9 Å². The van der Waals surface area contributed by atoms with Crippen molar-refractivity contribution in [3.8, 4) is 0 Å². The van der Waals surface area contributed by atoms with Crippen LogP contribution in [0.1, 0.15) is 24.0 Å². The zero-order chi connectivity index (χ0) is 12.0. The number of carbonyl (C=O) groups is 1. The largest absolute Gasteiger partial charge is 0.368 e. The molecule has 0 spiro atoms. The van der Waals surface area contributed by atoms with E-state index in [0.717, 1.165) is 18.4 Å². The zero-order valence-electron chi connectivity index (χ0n) is 9.36. The number of nitrogens with two attached hydrogens (primary N) is 3. The molecule has 1 amide bonds. The van der Waals surface area contributed by atoms with E-state index in [4.69, 9.17) is 17.2 Å². The molecule has 0 aliphatic carbocycles. The summed E-state index contributed by atoms with van der Waals surface area (Å²) in [5.41, 5.74) is 18.5. The Morgan fingerprint density at radius 3 is 2.25 bits per heavy atom. The summed E-state index contributed by atoms with van der Waals surface area (Å²) < 4.78 is 0. The molecule has 6 N–H and O–H groups in total. The third-order valence-corrected chi connectivity index (χ3v) is 2.60. The summed E-state index contributed by atoms with van der Waals surface area (Å²) in [6.07, 6.45) is 2.41. The van der Waals surface area contributed by atoms with Gasteiger partial charge in [-0.25, -0.2) is 0 Å². The lowest BCUT2D eigenvalue weighted by Crippen LogP contribution is -2.36. The van der Waals surface area contributed by atoms with E-state index in [1.807, 2.05) is 12.1 Å². The van der Waals surface area contributed by atoms with Gasteiger partial charge in [0, 0.05) is 6.54 Å². The Morgan fingerprint density at radius 1 is 1.19 bits per heavy atom. The lowest BCUT2D eigenvalue weighted by atomic mass is 10.0. The monoisotopic (exact) mass is 221 g/mol. The third kappa shape index (κ3) is 4.00. The zero-order valence-corrected chi connectivity index (χ0v) is 9.36. The number of aryl methyl sites for hydroxylation is 1. The van der Waals surface area contributed by atoms with Crippen molar-refractivity contribution in [1.82, 2.24) is 0 Å². The first-order chi connectivity index (χ1) is 7.63. The molecular formula is C12H19N3O. The van der Waals surface area contributed by atoms with Crippen LogP contribution in [-0.2, 0) is 17.8 Å². The molecule has 1 aromatic carbocycles. The summed E-state index contributed by atoms with van der Waals surface area (Å²) >= 11 is 0. The van der Waals surface area contributed by atoms with Gasteiger partial charge in [0.2, 0.25) is 5.91 Å². The smallest absolute Gasteiger partial charge is 0.234 e. The highest BCUT2D eigenvalue weighted by Crippen LogP contribution is 2.08. The fourth-order valence-corrected chi connectivity index (χ4v) is 1.51. The first-order valence-corrected chi connectivity index (χ1v) is 5.46. The normalized spacial score (nSPS) is 12.4. The number of rotatable bonds is 6. The molecule has 1 aromatic rings. The molecule has 4 heteroatoms. The number of carbonyl (C=O) groups excluding carboxylic acids is 1. The van der Waals surface area contributed by atoms with Gasteiger partial charge in [0.25, 0.3) is 0 Å². The number of amides is 1. The third-order valence-electron chi connectivity index (χ3n) is 2.60. The topological polar surface area (TPSA) is 95.1 Å². The second-order valence-corrected chi connectivity index (χ2v) is 3.92. The van der Waals surface area contributed by atoms with E-state index in [2.05, 4.69) is 12.1 Å². The molecule has 0 aliphatic heterocycles. The summed E-state index contributed by atoms with van der Waals surface area (Å²) in [5.74, 6) is -0.432. The van der Waals surface area contributed by atoms with Crippen molar-refractivity contribution in [1.29, 1.82) is 0 Å². The van der Waals surface area contributed by atoms with Gasteiger partial charge in [0.05, 0.1) is 6.04 Å². The van der Waals surface area contributed by atoms with E-state index in [1.165, 1.54) is 5.56 Å². The van der Waals surface area contributed by atoms with Crippen LogP contribution in [0.15, 0.2) is 24.3 Å². The van der Waals surface area contributed by atoms with Gasteiger partial charge in [0.1, 0.15) is 0 Å². The number of primary amides is 1. The average molecular weight is 221 g/mol. The van der Waals surface area contributed by atoms with Crippen LogP contribution in [0.25, 0.3) is 0 Å². The fraction of sp³-hybridized carbons (Fsp3) is 0.417. The number of hydrogen-bond acceptors (Lipinski definition) is 3. The van der Waals surface area contributed by atoms with Crippen molar-refractivity contribution in [2.45, 2.75) is 31.8 Å². The Bertz CT molecular complexity index is 335. The fourth-order valence-electron chi connectivity index (χ4n) is 1.51. The standard InChI is InChI=1S/C12H19N3O/c13-8-10-6-4-9(5-7-10)2-1-3-11(14)12(15)16/h4-7,11H,1-3,8,13-14H2,(H2,15,16)/t11-/m0/s1. The second kappa shape index (κ2) is 6.25. The lowest BCUT2D eigenvalue weighted by Gasteiger charge is -2.07. The molecule has 0 fully saturated rings.